The van der Waals surface area contributed by atoms with E-state index in [1.165, 1.54) is 38.5 Å². The Morgan fingerprint density at radius 2 is 1.95 bits per heavy atom. The molecule has 3 aliphatic carbocycles. The second-order valence-corrected chi connectivity index (χ2v) is 7.42. The number of hydrogen-bond acceptors (Lipinski definition) is 0. The van der Waals surface area contributed by atoms with Gasteiger partial charge in [-0.1, -0.05) is 42.8 Å². The van der Waals surface area contributed by atoms with Crippen LogP contribution in [0.5, 0.6) is 0 Å². The lowest BCUT2D eigenvalue weighted by Crippen LogP contribution is -2.40. The first-order chi connectivity index (χ1) is 9.74. The Bertz CT molecular complexity index is 553. The van der Waals surface area contributed by atoms with Crippen molar-refractivity contribution < 1.29 is 0 Å². The lowest BCUT2D eigenvalue weighted by molar-refractivity contribution is 0.0814. The second-order valence-electron chi connectivity index (χ2n) is 7.42. The molecule has 0 heteroatoms. The molecule has 0 saturated heterocycles. The summed E-state index contributed by atoms with van der Waals surface area (Å²) in [4.78, 5) is 0. The van der Waals surface area contributed by atoms with Gasteiger partial charge in [0.2, 0.25) is 0 Å². The third kappa shape index (κ3) is 1.60. The molecule has 4 rings (SSSR count). The molecule has 2 fully saturated rings. The summed E-state index contributed by atoms with van der Waals surface area (Å²) in [5.41, 5.74) is 5.63. The number of aryl methyl sites for hydroxylation is 1. The Morgan fingerprint density at radius 3 is 2.80 bits per heavy atom. The summed E-state index contributed by atoms with van der Waals surface area (Å²) >= 11 is 0. The first-order valence-corrected chi connectivity index (χ1v) is 8.47. The summed E-state index contributed by atoms with van der Waals surface area (Å²) in [6.45, 7) is 4.82. The summed E-state index contributed by atoms with van der Waals surface area (Å²) in [5.74, 6) is 2.75. The maximum absolute atomic E-state index is 2.57. The van der Waals surface area contributed by atoms with Crippen molar-refractivity contribution in [3.05, 3.63) is 47.0 Å². The van der Waals surface area contributed by atoms with Gasteiger partial charge in [0.15, 0.2) is 0 Å². The van der Waals surface area contributed by atoms with Crippen molar-refractivity contribution in [1.29, 1.82) is 0 Å². The molecular weight excluding hydrogens is 240 g/mol. The zero-order valence-corrected chi connectivity index (χ0v) is 12.9. The fourth-order valence-corrected chi connectivity index (χ4v) is 5.84. The molecule has 0 N–H and O–H groups in total. The van der Waals surface area contributed by atoms with E-state index < -0.39 is 0 Å². The smallest absolute Gasteiger partial charge is 0.00851 e. The summed E-state index contributed by atoms with van der Waals surface area (Å²) in [7, 11) is 0. The molecule has 3 aliphatic rings. The predicted octanol–water partition coefficient (Wildman–Crippen LogP) is 5.49. The first-order valence-electron chi connectivity index (χ1n) is 8.47. The van der Waals surface area contributed by atoms with Gasteiger partial charge in [-0.25, -0.2) is 0 Å². The fourth-order valence-electron chi connectivity index (χ4n) is 5.84. The Labute approximate surface area is 123 Å². The summed E-state index contributed by atoms with van der Waals surface area (Å²) < 4.78 is 0. The number of fused-ring (bicyclic) bond motifs is 5. The van der Waals surface area contributed by atoms with Gasteiger partial charge in [-0.15, -0.1) is 0 Å². The maximum atomic E-state index is 2.57. The largest absolute Gasteiger partial charge is 0.0879 e. The number of hydrogen-bond donors (Lipinski definition) is 0. The average molecular weight is 266 g/mol. The molecule has 0 heterocycles. The fraction of sp³-hybridized carbons (Fsp3) is 0.600. The molecule has 0 aliphatic heterocycles. The maximum Gasteiger partial charge on any atom is -0.00851 e. The van der Waals surface area contributed by atoms with Gasteiger partial charge in [-0.3, -0.25) is 0 Å². The van der Waals surface area contributed by atoms with Gasteiger partial charge in [-0.05, 0) is 79.7 Å². The molecule has 0 nitrogen and oxygen atoms in total. The van der Waals surface area contributed by atoms with Crippen molar-refractivity contribution >= 4 is 0 Å². The van der Waals surface area contributed by atoms with Gasteiger partial charge in [-0.2, -0.15) is 0 Å². The molecule has 0 bridgehead atoms. The molecule has 106 valence electrons. The Hall–Kier alpha value is -1.04. The van der Waals surface area contributed by atoms with E-state index in [9.17, 15) is 0 Å². The summed E-state index contributed by atoms with van der Waals surface area (Å²) in [6.07, 6.45) is 10.8. The summed E-state index contributed by atoms with van der Waals surface area (Å²) in [5, 5.41) is 0. The Kier molecular flexibility index (Phi) is 2.84. The van der Waals surface area contributed by atoms with E-state index >= 15 is 0 Å². The molecule has 4 unspecified atom stereocenters. The van der Waals surface area contributed by atoms with E-state index in [4.69, 9.17) is 0 Å². The van der Waals surface area contributed by atoms with Crippen molar-refractivity contribution in [2.24, 2.45) is 17.3 Å². The van der Waals surface area contributed by atoms with E-state index in [1.54, 1.807) is 16.7 Å². The van der Waals surface area contributed by atoms with E-state index in [0.29, 0.717) is 5.41 Å². The van der Waals surface area contributed by atoms with E-state index in [2.05, 4.69) is 44.2 Å². The highest BCUT2D eigenvalue weighted by Gasteiger charge is 2.52. The van der Waals surface area contributed by atoms with Crippen molar-refractivity contribution in [2.45, 2.75) is 58.3 Å². The predicted molar refractivity (Wildman–Crippen MR) is 84.8 cm³/mol. The molecule has 1 aromatic rings. The topological polar surface area (TPSA) is 0 Å². The molecule has 0 spiro atoms. The normalized spacial score (nSPS) is 41.1. The van der Waals surface area contributed by atoms with E-state index in [1.807, 2.05) is 0 Å². The van der Waals surface area contributed by atoms with Crippen LogP contribution in [-0.4, -0.2) is 0 Å². The highest BCUT2D eigenvalue weighted by Crippen LogP contribution is 2.62. The standard InChI is InChI=1S/C20H26/c1-3-15-9-11-19-18-10-8-14-6-4-5-7-16(14)17(18)12-13-20(15,19)2/h3-7,17-19H,8-13H2,1-2H3/b15-3-. The average Bonchev–Trinajstić information content (AvgIpc) is 2.83. The number of benzene rings is 1. The van der Waals surface area contributed by atoms with Crippen molar-refractivity contribution in [3.63, 3.8) is 0 Å². The van der Waals surface area contributed by atoms with Crippen LogP contribution in [0.3, 0.4) is 0 Å². The van der Waals surface area contributed by atoms with Crippen molar-refractivity contribution in [1.82, 2.24) is 0 Å². The van der Waals surface area contributed by atoms with Crippen LogP contribution >= 0.6 is 0 Å². The minimum absolute atomic E-state index is 0.530. The van der Waals surface area contributed by atoms with Crippen molar-refractivity contribution in [3.8, 4) is 0 Å². The Balaban J connectivity index is 1.72. The minimum atomic E-state index is 0.530. The lowest BCUT2D eigenvalue weighted by atomic mass is 9.55. The third-order valence-corrected chi connectivity index (χ3v) is 6.83. The first kappa shape index (κ1) is 12.7. The SMILES string of the molecule is C/C=C1/CCC2C3CCc4ccccc4C3CCC12C. The van der Waals surface area contributed by atoms with Crippen molar-refractivity contribution in [2.75, 3.05) is 0 Å². The van der Waals surface area contributed by atoms with Crippen LogP contribution < -0.4 is 0 Å². The molecule has 0 aromatic heterocycles. The Morgan fingerprint density at radius 1 is 1.10 bits per heavy atom. The van der Waals surface area contributed by atoms with Crippen LogP contribution in [0, 0.1) is 17.3 Å². The molecule has 0 radical (unpaired) electrons. The van der Waals surface area contributed by atoms with Gasteiger partial charge in [0.25, 0.3) is 0 Å². The van der Waals surface area contributed by atoms with Crippen LogP contribution in [0.15, 0.2) is 35.9 Å². The molecular formula is C20H26. The molecule has 20 heavy (non-hydrogen) atoms. The van der Waals surface area contributed by atoms with Gasteiger partial charge in [0.05, 0.1) is 0 Å². The highest BCUT2D eigenvalue weighted by molar-refractivity contribution is 5.36. The molecule has 4 atom stereocenters. The van der Waals surface area contributed by atoms with Gasteiger partial charge in [0, 0.05) is 0 Å². The summed E-state index contributed by atoms with van der Waals surface area (Å²) in [6, 6.07) is 9.26. The second kappa shape index (κ2) is 4.48. The van der Waals surface area contributed by atoms with Gasteiger partial charge < -0.3 is 0 Å². The minimum Gasteiger partial charge on any atom is -0.0879 e. The number of allylic oxidation sites excluding steroid dienone is 2. The zero-order chi connectivity index (χ0) is 13.7. The third-order valence-electron chi connectivity index (χ3n) is 6.83. The molecule has 2 saturated carbocycles. The van der Waals surface area contributed by atoms with Gasteiger partial charge in [0.1, 0.15) is 0 Å². The van der Waals surface area contributed by atoms with Crippen LogP contribution in [0.25, 0.3) is 0 Å². The van der Waals surface area contributed by atoms with E-state index in [-0.39, 0.29) is 0 Å². The monoisotopic (exact) mass is 266 g/mol. The van der Waals surface area contributed by atoms with Crippen LogP contribution in [0.2, 0.25) is 0 Å². The van der Waals surface area contributed by atoms with Gasteiger partial charge >= 0.3 is 0 Å². The molecule has 1 aromatic carbocycles. The quantitative estimate of drug-likeness (QED) is 0.545. The zero-order valence-electron chi connectivity index (χ0n) is 12.9. The number of rotatable bonds is 0. The van der Waals surface area contributed by atoms with Crippen LogP contribution in [0.1, 0.15) is 63.0 Å². The van der Waals surface area contributed by atoms with Crippen LogP contribution in [0.4, 0.5) is 0 Å². The molecule has 0 amide bonds. The highest BCUT2D eigenvalue weighted by atomic mass is 14.6. The lowest BCUT2D eigenvalue weighted by Gasteiger charge is -2.49. The van der Waals surface area contributed by atoms with E-state index in [0.717, 1.165) is 17.8 Å². The van der Waals surface area contributed by atoms with Crippen LogP contribution in [-0.2, 0) is 6.42 Å².